The van der Waals surface area contributed by atoms with E-state index in [-0.39, 0.29) is 5.91 Å². The smallest absolute Gasteiger partial charge is 0.224 e. The van der Waals surface area contributed by atoms with Crippen molar-refractivity contribution in [1.29, 1.82) is 0 Å². The molecule has 2 aliphatic rings. The van der Waals surface area contributed by atoms with Crippen LogP contribution in [0.1, 0.15) is 25.7 Å². The predicted molar refractivity (Wildman–Crippen MR) is 66.8 cm³/mol. The lowest BCUT2D eigenvalue weighted by atomic mass is 10.0. The van der Waals surface area contributed by atoms with E-state index in [2.05, 4.69) is 17.5 Å². The van der Waals surface area contributed by atoms with Crippen LogP contribution < -0.4 is 5.32 Å². The molecule has 1 aliphatic heterocycles. The summed E-state index contributed by atoms with van der Waals surface area (Å²) < 4.78 is 5.23. The molecule has 1 atom stereocenters. The van der Waals surface area contributed by atoms with Gasteiger partial charge in [-0.05, 0) is 19.3 Å². The normalized spacial score (nSPS) is 24.9. The molecule has 2 rings (SSSR count). The third-order valence-electron chi connectivity index (χ3n) is 3.36. The first-order chi connectivity index (χ1) is 8.36. The van der Waals surface area contributed by atoms with Crippen molar-refractivity contribution >= 4 is 5.91 Å². The second-order valence-electron chi connectivity index (χ2n) is 4.66. The van der Waals surface area contributed by atoms with Gasteiger partial charge in [-0.25, -0.2) is 0 Å². The Hall–Kier alpha value is -0.870. The SMILES string of the molecule is O=C(CCNC1C=CCCC1)N1CCOCC1. The maximum absolute atomic E-state index is 11.9. The van der Waals surface area contributed by atoms with Crippen LogP contribution in [0.4, 0.5) is 0 Å². The molecule has 0 bridgehead atoms. The predicted octanol–water partition coefficient (Wildman–Crippen LogP) is 0.934. The quantitative estimate of drug-likeness (QED) is 0.741. The zero-order valence-corrected chi connectivity index (χ0v) is 10.4. The van der Waals surface area contributed by atoms with Crippen molar-refractivity contribution in [2.24, 2.45) is 0 Å². The molecule has 1 unspecified atom stereocenters. The first-order valence-corrected chi connectivity index (χ1v) is 6.62. The van der Waals surface area contributed by atoms with Crippen molar-refractivity contribution in [3.8, 4) is 0 Å². The number of rotatable bonds is 4. The molecule has 0 aromatic carbocycles. The zero-order chi connectivity index (χ0) is 11.9. The maximum Gasteiger partial charge on any atom is 0.224 e. The number of allylic oxidation sites excluding steroid dienone is 1. The molecule has 0 aromatic heterocycles. The van der Waals surface area contributed by atoms with Gasteiger partial charge in [0.1, 0.15) is 0 Å². The number of morpholine rings is 1. The van der Waals surface area contributed by atoms with Crippen molar-refractivity contribution in [1.82, 2.24) is 10.2 Å². The molecular weight excluding hydrogens is 216 g/mol. The number of carbonyl (C=O) groups is 1. The molecule has 1 saturated heterocycles. The molecule has 1 aliphatic carbocycles. The second kappa shape index (κ2) is 6.77. The molecule has 4 nitrogen and oxygen atoms in total. The van der Waals surface area contributed by atoms with Crippen molar-refractivity contribution < 1.29 is 9.53 Å². The van der Waals surface area contributed by atoms with E-state index in [0.29, 0.717) is 25.7 Å². The van der Waals surface area contributed by atoms with E-state index in [4.69, 9.17) is 4.74 Å². The number of nitrogens with one attached hydrogen (secondary N) is 1. The van der Waals surface area contributed by atoms with Crippen molar-refractivity contribution in [3.05, 3.63) is 12.2 Å². The van der Waals surface area contributed by atoms with Gasteiger partial charge in [-0.15, -0.1) is 0 Å². The minimum atomic E-state index is 0.251. The molecule has 1 N–H and O–H groups in total. The maximum atomic E-state index is 11.9. The molecule has 1 amide bonds. The van der Waals surface area contributed by atoms with Crippen molar-refractivity contribution in [2.75, 3.05) is 32.8 Å². The van der Waals surface area contributed by atoms with Crippen LogP contribution in [0, 0.1) is 0 Å². The molecule has 1 fully saturated rings. The molecule has 96 valence electrons. The average molecular weight is 238 g/mol. The number of ether oxygens (including phenoxy) is 1. The van der Waals surface area contributed by atoms with Gasteiger partial charge in [-0.1, -0.05) is 12.2 Å². The van der Waals surface area contributed by atoms with Crippen LogP contribution in [-0.2, 0) is 9.53 Å². The Labute approximate surface area is 103 Å². The minimum Gasteiger partial charge on any atom is -0.378 e. The third-order valence-corrected chi connectivity index (χ3v) is 3.36. The molecule has 1 heterocycles. The second-order valence-corrected chi connectivity index (χ2v) is 4.66. The van der Waals surface area contributed by atoms with Crippen LogP contribution in [0.2, 0.25) is 0 Å². The van der Waals surface area contributed by atoms with Crippen LogP contribution in [0.15, 0.2) is 12.2 Å². The van der Waals surface area contributed by atoms with Crippen molar-refractivity contribution in [2.45, 2.75) is 31.7 Å². The van der Waals surface area contributed by atoms with E-state index in [1.165, 1.54) is 19.3 Å². The third kappa shape index (κ3) is 4.13. The van der Waals surface area contributed by atoms with Crippen LogP contribution in [-0.4, -0.2) is 49.7 Å². The summed E-state index contributed by atoms with van der Waals surface area (Å²) >= 11 is 0. The fourth-order valence-corrected chi connectivity index (χ4v) is 2.32. The topological polar surface area (TPSA) is 41.6 Å². The summed E-state index contributed by atoms with van der Waals surface area (Å²) in [5.74, 6) is 0.251. The molecule has 0 spiro atoms. The Morgan fingerprint density at radius 3 is 2.94 bits per heavy atom. The zero-order valence-electron chi connectivity index (χ0n) is 10.4. The van der Waals surface area contributed by atoms with E-state index < -0.39 is 0 Å². The van der Waals surface area contributed by atoms with Gasteiger partial charge in [-0.2, -0.15) is 0 Å². The van der Waals surface area contributed by atoms with Gasteiger partial charge < -0.3 is 15.0 Å². The fourth-order valence-electron chi connectivity index (χ4n) is 2.32. The average Bonchev–Trinajstić information content (AvgIpc) is 2.41. The van der Waals surface area contributed by atoms with Crippen LogP contribution in [0.3, 0.4) is 0 Å². The lowest BCUT2D eigenvalue weighted by Crippen LogP contribution is -2.42. The summed E-state index contributed by atoms with van der Waals surface area (Å²) in [4.78, 5) is 13.8. The largest absolute Gasteiger partial charge is 0.378 e. The number of hydrogen-bond donors (Lipinski definition) is 1. The first-order valence-electron chi connectivity index (χ1n) is 6.62. The molecule has 0 radical (unpaired) electrons. The number of hydrogen-bond acceptors (Lipinski definition) is 3. The number of nitrogens with zero attached hydrogens (tertiary/aromatic N) is 1. The van der Waals surface area contributed by atoms with Gasteiger partial charge in [0.2, 0.25) is 5.91 Å². The number of carbonyl (C=O) groups excluding carboxylic acids is 1. The molecule has 0 saturated carbocycles. The lowest BCUT2D eigenvalue weighted by Gasteiger charge is -2.27. The van der Waals surface area contributed by atoms with Crippen molar-refractivity contribution in [3.63, 3.8) is 0 Å². The molecule has 0 aromatic rings. The van der Waals surface area contributed by atoms with Gasteiger partial charge in [-0.3, -0.25) is 4.79 Å². The minimum absolute atomic E-state index is 0.251. The standard InChI is InChI=1S/C13H22N2O2/c16-13(15-8-10-17-11-9-15)6-7-14-12-4-2-1-3-5-12/h2,4,12,14H,1,3,5-11H2. The summed E-state index contributed by atoms with van der Waals surface area (Å²) in [6, 6.07) is 0.473. The summed E-state index contributed by atoms with van der Waals surface area (Å²) in [5.41, 5.74) is 0. The van der Waals surface area contributed by atoms with Gasteiger partial charge in [0, 0.05) is 32.1 Å². The van der Waals surface area contributed by atoms with Gasteiger partial charge in [0.25, 0.3) is 0 Å². The molecule has 17 heavy (non-hydrogen) atoms. The Kier molecular flexibility index (Phi) is 5.01. The van der Waals surface area contributed by atoms with Crippen LogP contribution in [0.25, 0.3) is 0 Å². The summed E-state index contributed by atoms with van der Waals surface area (Å²) in [5, 5.41) is 3.43. The van der Waals surface area contributed by atoms with E-state index in [0.717, 1.165) is 19.6 Å². The van der Waals surface area contributed by atoms with Crippen LogP contribution >= 0.6 is 0 Å². The summed E-state index contributed by atoms with van der Waals surface area (Å²) in [7, 11) is 0. The highest BCUT2D eigenvalue weighted by Gasteiger charge is 2.16. The Bertz CT molecular complexity index is 273. The highest BCUT2D eigenvalue weighted by Crippen LogP contribution is 2.10. The van der Waals surface area contributed by atoms with E-state index in [1.807, 2.05) is 4.90 Å². The Morgan fingerprint density at radius 2 is 2.24 bits per heavy atom. The highest BCUT2D eigenvalue weighted by molar-refractivity contribution is 5.76. The first kappa shape index (κ1) is 12.6. The van der Waals surface area contributed by atoms with E-state index in [9.17, 15) is 4.79 Å². The van der Waals surface area contributed by atoms with Gasteiger partial charge >= 0.3 is 0 Å². The fraction of sp³-hybridized carbons (Fsp3) is 0.769. The molecule has 4 heteroatoms. The molecular formula is C13H22N2O2. The summed E-state index contributed by atoms with van der Waals surface area (Å²) in [6.45, 7) is 3.66. The number of amides is 1. The Morgan fingerprint density at radius 1 is 1.41 bits per heavy atom. The summed E-state index contributed by atoms with van der Waals surface area (Å²) in [6.07, 6.45) is 8.71. The van der Waals surface area contributed by atoms with E-state index in [1.54, 1.807) is 0 Å². The van der Waals surface area contributed by atoms with E-state index >= 15 is 0 Å². The lowest BCUT2D eigenvalue weighted by molar-refractivity contribution is -0.135. The highest BCUT2D eigenvalue weighted by atomic mass is 16.5. The monoisotopic (exact) mass is 238 g/mol. The van der Waals surface area contributed by atoms with Gasteiger partial charge in [0.05, 0.1) is 13.2 Å². The van der Waals surface area contributed by atoms with Crippen LogP contribution in [0.5, 0.6) is 0 Å². The van der Waals surface area contributed by atoms with Gasteiger partial charge in [0.15, 0.2) is 0 Å². The Balaban J connectivity index is 1.62.